The summed E-state index contributed by atoms with van der Waals surface area (Å²) < 4.78 is 7.29. The van der Waals surface area contributed by atoms with E-state index in [0.717, 1.165) is 16.4 Å². The van der Waals surface area contributed by atoms with Gasteiger partial charge in [-0.2, -0.15) is 0 Å². The van der Waals surface area contributed by atoms with Crippen LogP contribution in [0.25, 0.3) is 11.3 Å². The first-order valence-electron chi connectivity index (χ1n) is 7.10. The third-order valence-corrected chi connectivity index (χ3v) is 4.29. The van der Waals surface area contributed by atoms with Gasteiger partial charge in [-0.25, -0.2) is 4.98 Å². The van der Waals surface area contributed by atoms with Gasteiger partial charge in [-0.3, -0.25) is 4.79 Å². The molecule has 0 radical (unpaired) electrons. The Kier molecular flexibility index (Phi) is 6.03. The van der Waals surface area contributed by atoms with E-state index < -0.39 is 0 Å². The number of carbonyl (C=O) groups excluding carboxylic acids is 1. The van der Waals surface area contributed by atoms with Crippen LogP contribution < -0.4 is 5.32 Å². The molecule has 118 valence electrons. The molecule has 0 fully saturated rings. The molecule has 0 aliphatic heterocycles. The van der Waals surface area contributed by atoms with Crippen molar-refractivity contribution < 1.29 is 9.53 Å². The monoisotopic (exact) mass is 319 g/mol. The van der Waals surface area contributed by atoms with Gasteiger partial charge >= 0.3 is 0 Å². The summed E-state index contributed by atoms with van der Waals surface area (Å²) in [5.74, 6) is 0.344. The van der Waals surface area contributed by atoms with Crippen molar-refractivity contribution in [3.8, 4) is 11.3 Å². The van der Waals surface area contributed by atoms with Crippen molar-refractivity contribution in [2.45, 2.75) is 18.6 Å². The van der Waals surface area contributed by atoms with E-state index in [2.05, 4.69) is 46.1 Å². The molecule has 0 aliphatic rings. The Morgan fingerprint density at radius 2 is 2.09 bits per heavy atom. The zero-order valence-corrected chi connectivity index (χ0v) is 13.9. The SMILES string of the molecule is CNC(=O)CSc1ncc(-c2ccc(C)cc2)n1CCOC. The number of imidazole rings is 1. The maximum absolute atomic E-state index is 11.4. The van der Waals surface area contributed by atoms with E-state index in [9.17, 15) is 4.79 Å². The first kappa shape index (κ1) is 16.6. The minimum atomic E-state index is -0.0109. The molecular weight excluding hydrogens is 298 g/mol. The molecule has 1 heterocycles. The third-order valence-electron chi connectivity index (χ3n) is 3.30. The smallest absolute Gasteiger partial charge is 0.230 e. The number of amides is 1. The minimum absolute atomic E-state index is 0.0109. The first-order valence-corrected chi connectivity index (χ1v) is 8.09. The molecule has 1 aromatic heterocycles. The van der Waals surface area contributed by atoms with E-state index in [1.165, 1.54) is 17.3 Å². The average Bonchev–Trinajstić information content (AvgIpc) is 2.94. The molecule has 1 N–H and O–H groups in total. The molecule has 2 rings (SSSR count). The number of methoxy groups -OCH3 is 1. The van der Waals surface area contributed by atoms with Crippen molar-refractivity contribution in [3.05, 3.63) is 36.0 Å². The number of nitrogens with one attached hydrogen (secondary N) is 1. The molecule has 1 amide bonds. The Morgan fingerprint density at radius 1 is 1.36 bits per heavy atom. The molecule has 6 heteroatoms. The highest BCUT2D eigenvalue weighted by Crippen LogP contribution is 2.26. The average molecular weight is 319 g/mol. The fourth-order valence-corrected chi connectivity index (χ4v) is 2.91. The molecule has 0 spiro atoms. The van der Waals surface area contributed by atoms with Crippen LogP contribution in [0.3, 0.4) is 0 Å². The second-order valence-corrected chi connectivity index (χ2v) is 5.84. The van der Waals surface area contributed by atoms with E-state index in [0.29, 0.717) is 18.9 Å². The molecule has 0 saturated carbocycles. The van der Waals surface area contributed by atoms with Crippen molar-refractivity contribution in [2.24, 2.45) is 0 Å². The highest BCUT2D eigenvalue weighted by Gasteiger charge is 2.13. The number of hydrogen-bond donors (Lipinski definition) is 1. The van der Waals surface area contributed by atoms with E-state index in [1.54, 1.807) is 14.2 Å². The Labute approximate surface area is 135 Å². The molecule has 5 nitrogen and oxygen atoms in total. The number of nitrogens with zero attached hydrogens (tertiary/aromatic N) is 2. The lowest BCUT2D eigenvalue weighted by Crippen LogP contribution is -2.20. The Hall–Kier alpha value is -1.79. The zero-order chi connectivity index (χ0) is 15.9. The van der Waals surface area contributed by atoms with Crippen LogP contribution in [0.2, 0.25) is 0 Å². The van der Waals surface area contributed by atoms with Gasteiger partial charge in [0.25, 0.3) is 0 Å². The summed E-state index contributed by atoms with van der Waals surface area (Å²) >= 11 is 1.43. The van der Waals surface area contributed by atoms with Crippen molar-refractivity contribution in [1.82, 2.24) is 14.9 Å². The summed E-state index contributed by atoms with van der Waals surface area (Å²) in [6, 6.07) is 8.34. The summed E-state index contributed by atoms with van der Waals surface area (Å²) in [6.45, 7) is 3.37. The van der Waals surface area contributed by atoms with Crippen LogP contribution in [0.1, 0.15) is 5.56 Å². The van der Waals surface area contributed by atoms with Crippen LogP contribution in [0.4, 0.5) is 0 Å². The number of carbonyl (C=O) groups is 1. The van der Waals surface area contributed by atoms with E-state index in [4.69, 9.17) is 4.74 Å². The van der Waals surface area contributed by atoms with Gasteiger partial charge in [-0.15, -0.1) is 0 Å². The second kappa shape index (κ2) is 8.00. The van der Waals surface area contributed by atoms with Gasteiger partial charge in [-0.05, 0) is 12.5 Å². The fourth-order valence-electron chi connectivity index (χ4n) is 2.03. The van der Waals surface area contributed by atoms with Gasteiger partial charge in [0.2, 0.25) is 5.91 Å². The zero-order valence-electron chi connectivity index (χ0n) is 13.1. The largest absolute Gasteiger partial charge is 0.383 e. The van der Waals surface area contributed by atoms with Gasteiger partial charge in [-0.1, -0.05) is 41.6 Å². The van der Waals surface area contributed by atoms with Crippen molar-refractivity contribution >= 4 is 17.7 Å². The number of aryl methyl sites for hydroxylation is 1. The molecular formula is C16H21N3O2S. The van der Waals surface area contributed by atoms with Gasteiger partial charge in [0.1, 0.15) is 0 Å². The highest BCUT2D eigenvalue weighted by molar-refractivity contribution is 7.99. The molecule has 0 aliphatic carbocycles. The number of ether oxygens (including phenoxy) is 1. The van der Waals surface area contributed by atoms with Gasteiger partial charge in [0, 0.05) is 20.7 Å². The van der Waals surface area contributed by atoms with Crippen LogP contribution in [-0.2, 0) is 16.1 Å². The van der Waals surface area contributed by atoms with E-state index in [1.807, 2.05) is 6.20 Å². The fraction of sp³-hybridized carbons (Fsp3) is 0.375. The number of benzene rings is 1. The lowest BCUT2D eigenvalue weighted by Gasteiger charge is -2.11. The predicted molar refractivity (Wildman–Crippen MR) is 89.1 cm³/mol. The summed E-state index contributed by atoms with van der Waals surface area (Å²) in [5, 5.41) is 3.45. The molecule has 22 heavy (non-hydrogen) atoms. The molecule has 0 saturated heterocycles. The standard InChI is InChI=1S/C16H21N3O2S/c1-12-4-6-13(7-5-12)14-10-18-16(19(14)8-9-21-3)22-11-15(20)17-2/h4-7,10H,8-9,11H2,1-3H3,(H,17,20). The predicted octanol–water partition coefficient (Wildman–Crippen LogP) is 2.34. The third kappa shape index (κ3) is 4.11. The normalized spacial score (nSPS) is 10.7. The molecule has 1 aromatic carbocycles. The Bertz CT molecular complexity index is 623. The highest BCUT2D eigenvalue weighted by atomic mass is 32.2. The number of hydrogen-bond acceptors (Lipinski definition) is 4. The Morgan fingerprint density at radius 3 is 2.73 bits per heavy atom. The first-order chi connectivity index (χ1) is 10.7. The van der Waals surface area contributed by atoms with Gasteiger partial charge in [0.05, 0.1) is 24.3 Å². The molecule has 2 aromatic rings. The number of rotatable bonds is 7. The number of aromatic nitrogens is 2. The number of thioether (sulfide) groups is 1. The maximum Gasteiger partial charge on any atom is 0.230 e. The van der Waals surface area contributed by atoms with Crippen molar-refractivity contribution in [1.29, 1.82) is 0 Å². The molecule has 0 unspecified atom stereocenters. The van der Waals surface area contributed by atoms with Gasteiger partial charge < -0.3 is 14.6 Å². The summed E-state index contributed by atoms with van der Waals surface area (Å²) in [6.07, 6.45) is 1.85. The van der Waals surface area contributed by atoms with Crippen LogP contribution in [0.5, 0.6) is 0 Å². The summed E-state index contributed by atoms with van der Waals surface area (Å²) in [4.78, 5) is 15.9. The second-order valence-electron chi connectivity index (χ2n) is 4.90. The summed E-state index contributed by atoms with van der Waals surface area (Å²) in [5.41, 5.74) is 3.37. The topological polar surface area (TPSA) is 56.2 Å². The van der Waals surface area contributed by atoms with Crippen LogP contribution in [0, 0.1) is 6.92 Å². The Balaban J connectivity index is 2.27. The van der Waals surface area contributed by atoms with Crippen LogP contribution >= 0.6 is 11.8 Å². The van der Waals surface area contributed by atoms with E-state index in [-0.39, 0.29) is 5.91 Å². The van der Waals surface area contributed by atoms with Crippen molar-refractivity contribution in [2.75, 3.05) is 26.5 Å². The van der Waals surface area contributed by atoms with Crippen LogP contribution in [0.15, 0.2) is 35.6 Å². The minimum Gasteiger partial charge on any atom is -0.383 e. The lowest BCUT2D eigenvalue weighted by atomic mass is 10.1. The van der Waals surface area contributed by atoms with E-state index >= 15 is 0 Å². The van der Waals surface area contributed by atoms with Crippen molar-refractivity contribution in [3.63, 3.8) is 0 Å². The molecule has 0 bridgehead atoms. The van der Waals surface area contributed by atoms with Crippen LogP contribution in [-0.4, -0.2) is 42.0 Å². The molecule has 0 atom stereocenters. The quantitative estimate of drug-likeness (QED) is 0.796. The maximum atomic E-state index is 11.4. The van der Waals surface area contributed by atoms with Gasteiger partial charge in [0.15, 0.2) is 5.16 Å². The lowest BCUT2D eigenvalue weighted by molar-refractivity contribution is -0.118. The summed E-state index contributed by atoms with van der Waals surface area (Å²) in [7, 11) is 3.32.